The quantitative estimate of drug-likeness (QED) is 0.772. The first-order valence-electron chi connectivity index (χ1n) is 4.02. The Morgan fingerprint density at radius 2 is 2.15 bits per heavy atom. The van der Waals surface area contributed by atoms with Gasteiger partial charge in [-0.25, -0.2) is 4.98 Å². The van der Waals surface area contributed by atoms with Gasteiger partial charge in [-0.15, -0.1) is 0 Å². The van der Waals surface area contributed by atoms with Crippen LogP contribution in [0.2, 0.25) is 4.34 Å². The summed E-state index contributed by atoms with van der Waals surface area (Å²) in [6.07, 6.45) is 0. The van der Waals surface area contributed by atoms with Crippen LogP contribution in [0.5, 0.6) is 0 Å². The van der Waals surface area contributed by atoms with Crippen molar-refractivity contribution < 1.29 is 4.74 Å². The summed E-state index contributed by atoms with van der Waals surface area (Å²) in [6, 6.07) is 0. The van der Waals surface area contributed by atoms with Crippen LogP contribution >= 0.6 is 22.9 Å². The lowest BCUT2D eigenvalue weighted by atomic mass is 10.4. The van der Waals surface area contributed by atoms with E-state index in [1.807, 2.05) is 0 Å². The molecule has 0 bridgehead atoms. The predicted octanol–water partition coefficient (Wildman–Crippen LogP) is 1.22. The lowest BCUT2D eigenvalue weighted by molar-refractivity contribution is 0.122. The molecule has 1 aromatic rings. The van der Waals surface area contributed by atoms with Gasteiger partial charge in [0.15, 0.2) is 10.9 Å². The fourth-order valence-electron chi connectivity index (χ4n) is 1.28. The molecule has 0 radical (unpaired) electrons. The molecule has 13 heavy (non-hydrogen) atoms. The molecule has 1 fully saturated rings. The van der Waals surface area contributed by atoms with Crippen molar-refractivity contribution in [3.63, 3.8) is 0 Å². The van der Waals surface area contributed by atoms with E-state index >= 15 is 0 Å². The SMILES string of the molecule is Nc1nc(N2CCOCC2)c(Cl)s1. The van der Waals surface area contributed by atoms with Crippen LogP contribution in [0.1, 0.15) is 0 Å². The Morgan fingerprint density at radius 1 is 1.46 bits per heavy atom. The topological polar surface area (TPSA) is 51.4 Å². The van der Waals surface area contributed by atoms with Gasteiger partial charge in [0.2, 0.25) is 0 Å². The van der Waals surface area contributed by atoms with Gasteiger partial charge in [0.1, 0.15) is 4.34 Å². The van der Waals surface area contributed by atoms with Crippen molar-refractivity contribution in [1.82, 2.24) is 4.98 Å². The van der Waals surface area contributed by atoms with Gasteiger partial charge in [0.25, 0.3) is 0 Å². The van der Waals surface area contributed by atoms with Gasteiger partial charge >= 0.3 is 0 Å². The van der Waals surface area contributed by atoms with Crippen LogP contribution in [-0.4, -0.2) is 31.3 Å². The highest BCUT2D eigenvalue weighted by Crippen LogP contribution is 2.32. The Balaban J connectivity index is 2.18. The fraction of sp³-hybridized carbons (Fsp3) is 0.571. The molecule has 1 aromatic heterocycles. The number of hydrogen-bond acceptors (Lipinski definition) is 5. The zero-order chi connectivity index (χ0) is 9.26. The highest BCUT2D eigenvalue weighted by molar-refractivity contribution is 7.19. The summed E-state index contributed by atoms with van der Waals surface area (Å²) < 4.78 is 5.89. The number of anilines is 2. The van der Waals surface area contributed by atoms with Crippen molar-refractivity contribution in [3.8, 4) is 0 Å². The molecule has 72 valence electrons. The molecule has 0 spiro atoms. The zero-order valence-electron chi connectivity index (χ0n) is 6.99. The number of nitrogens with two attached hydrogens (primary N) is 1. The summed E-state index contributed by atoms with van der Waals surface area (Å²) in [5.41, 5.74) is 5.55. The van der Waals surface area contributed by atoms with Crippen molar-refractivity contribution in [3.05, 3.63) is 4.34 Å². The number of hydrogen-bond donors (Lipinski definition) is 1. The highest BCUT2D eigenvalue weighted by Gasteiger charge is 2.17. The van der Waals surface area contributed by atoms with E-state index < -0.39 is 0 Å². The van der Waals surface area contributed by atoms with Crippen molar-refractivity contribution in [2.45, 2.75) is 0 Å². The number of halogens is 1. The van der Waals surface area contributed by atoms with Crippen molar-refractivity contribution >= 4 is 33.9 Å². The normalized spacial score (nSPS) is 17.8. The van der Waals surface area contributed by atoms with Crippen molar-refractivity contribution in [1.29, 1.82) is 0 Å². The summed E-state index contributed by atoms with van der Waals surface area (Å²) in [5, 5.41) is 0.520. The maximum Gasteiger partial charge on any atom is 0.183 e. The summed E-state index contributed by atoms with van der Waals surface area (Å²) in [4.78, 5) is 6.26. The van der Waals surface area contributed by atoms with Gasteiger partial charge in [-0.2, -0.15) is 0 Å². The Kier molecular flexibility index (Phi) is 2.57. The van der Waals surface area contributed by atoms with E-state index in [4.69, 9.17) is 22.1 Å². The van der Waals surface area contributed by atoms with Crippen LogP contribution in [0.25, 0.3) is 0 Å². The van der Waals surface area contributed by atoms with Gasteiger partial charge in [0, 0.05) is 13.1 Å². The minimum Gasteiger partial charge on any atom is -0.378 e. The van der Waals surface area contributed by atoms with E-state index in [-0.39, 0.29) is 0 Å². The van der Waals surface area contributed by atoms with E-state index in [1.165, 1.54) is 11.3 Å². The number of aromatic nitrogens is 1. The third-order valence-corrected chi connectivity index (χ3v) is 2.96. The molecule has 1 aliphatic heterocycles. The van der Waals surface area contributed by atoms with E-state index in [0.29, 0.717) is 9.47 Å². The molecule has 2 N–H and O–H groups in total. The Labute approximate surface area is 85.3 Å². The zero-order valence-corrected chi connectivity index (χ0v) is 8.57. The monoisotopic (exact) mass is 219 g/mol. The van der Waals surface area contributed by atoms with Crippen molar-refractivity contribution in [2.24, 2.45) is 0 Å². The fourth-order valence-corrected chi connectivity index (χ4v) is 2.26. The third-order valence-electron chi connectivity index (χ3n) is 1.90. The summed E-state index contributed by atoms with van der Waals surface area (Å²) >= 11 is 7.28. The first kappa shape index (κ1) is 9.05. The van der Waals surface area contributed by atoms with E-state index in [1.54, 1.807) is 0 Å². The van der Waals surface area contributed by atoms with Crippen LogP contribution < -0.4 is 10.6 Å². The standard InChI is InChI=1S/C7H10ClN3OS/c8-5-6(10-7(9)13-5)11-1-3-12-4-2-11/h1-4H2,(H2,9,10). The van der Waals surface area contributed by atoms with Crippen LogP contribution in [0, 0.1) is 0 Å². The lowest BCUT2D eigenvalue weighted by Gasteiger charge is -2.26. The lowest BCUT2D eigenvalue weighted by Crippen LogP contribution is -2.36. The molecule has 2 heterocycles. The molecular formula is C7H10ClN3OS. The van der Waals surface area contributed by atoms with Gasteiger partial charge in [-0.3, -0.25) is 0 Å². The molecule has 6 heteroatoms. The average Bonchev–Trinajstić information content (AvgIpc) is 2.47. The van der Waals surface area contributed by atoms with Crippen LogP contribution in [0.4, 0.5) is 10.9 Å². The van der Waals surface area contributed by atoms with E-state index in [9.17, 15) is 0 Å². The molecule has 4 nitrogen and oxygen atoms in total. The Morgan fingerprint density at radius 3 is 2.69 bits per heavy atom. The largest absolute Gasteiger partial charge is 0.378 e. The van der Waals surface area contributed by atoms with Gasteiger partial charge in [-0.1, -0.05) is 22.9 Å². The number of ether oxygens (including phenoxy) is 1. The molecule has 0 aliphatic carbocycles. The molecule has 0 amide bonds. The molecule has 1 saturated heterocycles. The molecule has 0 aromatic carbocycles. The number of nitrogen functional groups attached to an aromatic ring is 1. The predicted molar refractivity (Wildman–Crippen MR) is 54.6 cm³/mol. The van der Waals surface area contributed by atoms with Gasteiger partial charge in [-0.05, 0) is 0 Å². The number of morpholine rings is 1. The first-order chi connectivity index (χ1) is 6.27. The minimum atomic E-state index is 0.520. The molecule has 2 rings (SSSR count). The third kappa shape index (κ3) is 1.87. The summed E-state index contributed by atoms with van der Waals surface area (Å²) in [7, 11) is 0. The smallest absolute Gasteiger partial charge is 0.183 e. The van der Waals surface area contributed by atoms with E-state index in [0.717, 1.165) is 32.1 Å². The number of rotatable bonds is 1. The highest BCUT2D eigenvalue weighted by atomic mass is 35.5. The van der Waals surface area contributed by atoms with Crippen molar-refractivity contribution in [2.75, 3.05) is 36.9 Å². The van der Waals surface area contributed by atoms with Gasteiger partial charge in [0.05, 0.1) is 13.2 Å². The number of nitrogens with zero attached hydrogens (tertiary/aromatic N) is 2. The van der Waals surface area contributed by atoms with Crippen LogP contribution in [-0.2, 0) is 4.74 Å². The molecule has 0 unspecified atom stereocenters. The Bertz CT molecular complexity index is 298. The van der Waals surface area contributed by atoms with E-state index in [2.05, 4.69) is 9.88 Å². The molecular weight excluding hydrogens is 210 g/mol. The molecule has 0 saturated carbocycles. The number of thiazole rings is 1. The second kappa shape index (κ2) is 3.69. The van der Waals surface area contributed by atoms with Gasteiger partial charge < -0.3 is 15.4 Å². The average molecular weight is 220 g/mol. The second-order valence-corrected chi connectivity index (χ2v) is 4.38. The summed E-state index contributed by atoms with van der Waals surface area (Å²) in [6.45, 7) is 3.13. The first-order valence-corrected chi connectivity index (χ1v) is 5.21. The second-order valence-electron chi connectivity index (χ2n) is 2.75. The van der Waals surface area contributed by atoms with Crippen LogP contribution in [0.3, 0.4) is 0 Å². The molecule has 0 atom stereocenters. The summed E-state index contributed by atoms with van der Waals surface area (Å²) in [5.74, 6) is 0.799. The van der Waals surface area contributed by atoms with Crippen LogP contribution in [0.15, 0.2) is 0 Å². The molecule has 1 aliphatic rings. The maximum atomic E-state index is 5.97. The minimum absolute atomic E-state index is 0.520. The maximum absolute atomic E-state index is 5.97. The Hall–Kier alpha value is -0.520.